The maximum absolute atomic E-state index is 12.8. The lowest BCUT2D eigenvalue weighted by molar-refractivity contribution is -0.111. The summed E-state index contributed by atoms with van der Waals surface area (Å²) >= 11 is 6.44. The summed E-state index contributed by atoms with van der Waals surface area (Å²) in [5.74, 6) is 0.805. The normalized spacial score (nSPS) is 11.2. The van der Waals surface area contributed by atoms with Crippen molar-refractivity contribution in [3.05, 3.63) is 60.3 Å². The summed E-state index contributed by atoms with van der Waals surface area (Å²) < 4.78 is 18.6. The molecule has 12 heteroatoms. The highest BCUT2D eigenvalue weighted by molar-refractivity contribution is 7.70. The zero-order valence-corrected chi connectivity index (χ0v) is 26.9. The number of benzene rings is 2. The number of nitrogens with one attached hydrogen (secondary N) is 3. The molecule has 1 amide bonds. The van der Waals surface area contributed by atoms with Gasteiger partial charge in [-0.2, -0.15) is 4.98 Å². The number of hydrogen-bond donors (Lipinski definition) is 3. The predicted molar refractivity (Wildman–Crippen MR) is 177 cm³/mol. The standard InChI is InChI=1S/C30H41ClN7O3P/c1-8-28(39)33-23-18-24(26(41-5)19-25(23)38(11-4)17-16-37(9-2)10-3)35-30-32-20-21(31)29(36-30)34-22-14-12-13-15-27(22)42(6,7)40/h8,12-15,18-20H,1,9-11,16-17H2,2-7H3,(H,33,39)(H2,32,34,35,36). The minimum absolute atomic E-state index is 0.247. The Kier molecular flexibility index (Phi) is 11.8. The predicted octanol–water partition coefficient (Wildman–Crippen LogP) is 6.17. The number of carbonyl (C=O) groups excluding carboxylic acids is 1. The van der Waals surface area contributed by atoms with Crippen LogP contribution in [0.25, 0.3) is 0 Å². The number of likely N-dealkylation sites (N-methyl/N-ethyl adjacent to an activating group) is 2. The first-order valence-corrected chi connectivity index (χ1v) is 16.9. The SMILES string of the molecule is C=CC(=O)Nc1cc(Nc2ncc(Cl)c(Nc3ccccc3P(C)(C)=O)n2)c(OC)cc1N(CC)CCN(CC)CC. The number of halogens is 1. The first-order chi connectivity index (χ1) is 20.0. The first kappa shape index (κ1) is 32.9. The fraction of sp³-hybridized carbons (Fsp3) is 0.367. The molecule has 3 aromatic rings. The molecule has 0 aliphatic rings. The highest BCUT2D eigenvalue weighted by atomic mass is 35.5. The lowest BCUT2D eigenvalue weighted by Crippen LogP contribution is -2.35. The van der Waals surface area contributed by atoms with Gasteiger partial charge in [0.05, 0.1) is 36.1 Å². The number of nitrogens with zero attached hydrogens (tertiary/aromatic N) is 4. The van der Waals surface area contributed by atoms with Crippen LogP contribution in [0.5, 0.6) is 5.75 Å². The van der Waals surface area contributed by atoms with Crippen LogP contribution >= 0.6 is 18.7 Å². The van der Waals surface area contributed by atoms with E-state index in [1.54, 1.807) is 26.5 Å². The van der Waals surface area contributed by atoms with Crippen molar-refractivity contribution in [3.63, 3.8) is 0 Å². The molecule has 0 aliphatic carbocycles. The van der Waals surface area contributed by atoms with Crippen LogP contribution in [0.4, 0.5) is 34.5 Å². The van der Waals surface area contributed by atoms with Crippen molar-refractivity contribution in [3.8, 4) is 5.75 Å². The molecule has 226 valence electrons. The van der Waals surface area contributed by atoms with Crippen LogP contribution < -0.4 is 30.9 Å². The van der Waals surface area contributed by atoms with Gasteiger partial charge in [-0.25, -0.2) is 4.98 Å². The molecule has 0 aliphatic heterocycles. The number of ether oxygens (including phenoxy) is 1. The summed E-state index contributed by atoms with van der Waals surface area (Å²) in [7, 11) is -0.983. The zero-order valence-electron chi connectivity index (χ0n) is 25.2. The Labute approximate surface area is 253 Å². The van der Waals surface area contributed by atoms with Crippen molar-refractivity contribution in [2.45, 2.75) is 20.8 Å². The van der Waals surface area contributed by atoms with Crippen LogP contribution in [0.3, 0.4) is 0 Å². The van der Waals surface area contributed by atoms with Crippen molar-refractivity contribution < 1.29 is 14.1 Å². The molecule has 0 spiro atoms. The first-order valence-electron chi connectivity index (χ1n) is 13.9. The van der Waals surface area contributed by atoms with E-state index in [9.17, 15) is 9.36 Å². The molecule has 1 aromatic heterocycles. The van der Waals surface area contributed by atoms with Crippen molar-refractivity contribution in [1.82, 2.24) is 14.9 Å². The van der Waals surface area contributed by atoms with E-state index in [1.807, 2.05) is 30.3 Å². The lowest BCUT2D eigenvalue weighted by Gasteiger charge is -2.29. The summed E-state index contributed by atoms with van der Waals surface area (Å²) in [5.41, 5.74) is 2.60. The fourth-order valence-electron chi connectivity index (χ4n) is 4.44. The van der Waals surface area contributed by atoms with E-state index in [4.69, 9.17) is 16.3 Å². The van der Waals surface area contributed by atoms with E-state index >= 15 is 0 Å². The lowest BCUT2D eigenvalue weighted by atomic mass is 10.2. The monoisotopic (exact) mass is 613 g/mol. The van der Waals surface area contributed by atoms with Gasteiger partial charge in [0.25, 0.3) is 0 Å². The molecule has 0 bridgehead atoms. The van der Waals surface area contributed by atoms with Gasteiger partial charge in [0.1, 0.15) is 17.9 Å². The molecular formula is C30H41ClN7O3P. The highest BCUT2D eigenvalue weighted by Gasteiger charge is 2.20. The molecule has 2 aromatic carbocycles. The highest BCUT2D eigenvalue weighted by Crippen LogP contribution is 2.40. The van der Waals surface area contributed by atoms with Gasteiger partial charge in [-0.1, -0.05) is 44.2 Å². The number of para-hydroxylation sites is 1. The van der Waals surface area contributed by atoms with E-state index in [-0.39, 0.29) is 11.9 Å². The molecule has 0 unspecified atom stereocenters. The van der Waals surface area contributed by atoms with Crippen LogP contribution in [0.2, 0.25) is 5.02 Å². The third-order valence-corrected chi connectivity index (χ3v) is 8.62. The maximum Gasteiger partial charge on any atom is 0.247 e. The summed E-state index contributed by atoms with van der Waals surface area (Å²) in [4.78, 5) is 25.9. The smallest absolute Gasteiger partial charge is 0.247 e. The molecule has 0 radical (unpaired) electrons. The third-order valence-electron chi connectivity index (χ3n) is 6.79. The summed E-state index contributed by atoms with van der Waals surface area (Å²) in [6.45, 7) is 17.7. The quantitative estimate of drug-likeness (QED) is 0.137. The van der Waals surface area contributed by atoms with Crippen molar-refractivity contribution in [1.29, 1.82) is 0 Å². The molecule has 0 fully saturated rings. The van der Waals surface area contributed by atoms with Gasteiger partial charge in [-0.3, -0.25) is 4.79 Å². The van der Waals surface area contributed by atoms with E-state index in [1.165, 1.54) is 12.3 Å². The second kappa shape index (κ2) is 15.0. The van der Waals surface area contributed by atoms with Gasteiger partial charge in [-0.05, 0) is 57.6 Å². The Hall–Kier alpha value is -3.59. The second-order valence-electron chi connectivity index (χ2n) is 9.88. The Morgan fingerprint density at radius 1 is 1.05 bits per heavy atom. The molecular weight excluding hydrogens is 573 g/mol. The topological polar surface area (TPSA) is 112 Å². The van der Waals surface area contributed by atoms with Crippen molar-refractivity contribution in [2.24, 2.45) is 0 Å². The third kappa shape index (κ3) is 8.47. The summed E-state index contributed by atoms with van der Waals surface area (Å²) in [5, 5.41) is 10.3. The minimum atomic E-state index is -2.56. The second-order valence-corrected chi connectivity index (χ2v) is 13.5. The average Bonchev–Trinajstić information content (AvgIpc) is 2.97. The zero-order chi connectivity index (χ0) is 30.9. The Bertz CT molecular complexity index is 1440. The molecule has 42 heavy (non-hydrogen) atoms. The van der Waals surface area contributed by atoms with E-state index < -0.39 is 7.14 Å². The fourth-order valence-corrected chi connectivity index (χ4v) is 5.74. The number of anilines is 6. The van der Waals surface area contributed by atoms with E-state index in [0.29, 0.717) is 39.0 Å². The van der Waals surface area contributed by atoms with Crippen molar-refractivity contribution >= 4 is 64.5 Å². The Morgan fingerprint density at radius 3 is 2.38 bits per heavy atom. The van der Waals surface area contributed by atoms with Gasteiger partial charge < -0.3 is 35.1 Å². The van der Waals surface area contributed by atoms with Gasteiger partial charge >= 0.3 is 0 Å². The van der Waals surface area contributed by atoms with Crippen molar-refractivity contribution in [2.75, 3.05) is 74.0 Å². The van der Waals surface area contributed by atoms with Crippen LogP contribution in [0.1, 0.15) is 20.8 Å². The number of methoxy groups -OCH3 is 1. The minimum Gasteiger partial charge on any atom is -0.494 e. The van der Waals surface area contributed by atoms with Crippen LogP contribution in [-0.2, 0) is 9.36 Å². The van der Waals surface area contributed by atoms with Gasteiger partial charge in [0, 0.05) is 31.0 Å². The molecule has 0 atom stereocenters. The van der Waals surface area contributed by atoms with Gasteiger partial charge in [0.2, 0.25) is 11.9 Å². The molecule has 0 saturated heterocycles. The molecule has 1 heterocycles. The Morgan fingerprint density at radius 2 is 1.76 bits per heavy atom. The van der Waals surface area contributed by atoms with Crippen LogP contribution in [0, 0.1) is 0 Å². The van der Waals surface area contributed by atoms with Crippen LogP contribution in [0.15, 0.2) is 55.3 Å². The number of amides is 1. The number of aromatic nitrogens is 2. The summed E-state index contributed by atoms with van der Waals surface area (Å²) in [6.07, 6.45) is 2.71. The Balaban J connectivity index is 2.00. The van der Waals surface area contributed by atoms with Crippen LogP contribution in [-0.4, -0.2) is 73.9 Å². The van der Waals surface area contributed by atoms with E-state index in [0.717, 1.165) is 38.4 Å². The number of rotatable bonds is 15. The number of hydrogen-bond acceptors (Lipinski definition) is 9. The number of carbonyl (C=O) groups is 1. The maximum atomic E-state index is 12.8. The van der Waals surface area contributed by atoms with Gasteiger partial charge in [0.15, 0.2) is 5.82 Å². The largest absolute Gasteiger partial charge is 0.494 e. The van der Waals surface area contributed by atoms with Gasteiger partial charge in [-0.15, -0.1) is 0 Å². The molecule has 3 N–H and O–H groups in total. The van der Waals surface area contributed by atoms with E-state index in [2.05, 4.69) is 63.1 Å². The summed E-state index contributed by atoms with van der Waals surface area (Å²) in [6, 6.07) is 11.0. The molecule has 0 saturated carbocycles. The molecule has 3 rings (SSSR count). The average molecular weight is 614 g/mol. The molecule has 10 nitrogen and oxygen atoms in total.